The van der Waals surface area contributed by atoms with E-state index in [0.717, 1.165) is 48.8 Å². The fraction of sp³-hybridized carbons (Fsp3) is 0.333. The highest BCUT2D eigenvalue weighted by Crippen LogP contribution is 2.28. The first kappa shape index (κ1) is 18.9. The molecule has 0 spiro atoms. The van der Waals surface area contributed by atoms with Crippen molar-refractivity contribution in [1.29, 1.82) is 0 Å². The van der Waals surface area contributed by atoms with Gasteiger partial charge >= 0.3 is 0 Å². The number of methoxy groups -OCH3 is 1. The minimum absolute atomic E-state index is 0.0357. The summed E-state index contributed by atoms with van der Waals surface area (Å²) in [6.45, 7) is 3.53. The van der Waals surface area contributed by atoms with Crippen molar-refractivity contribution in [3.63, 3.8) is 0 Å². The number of aromatic nitrogens is 4. The molecule has 1 fully saturated rings. The van der Waals surface area contributed by atoms with Crippen LogP contribution in [0.15, 0.2) is 49.3 Å². The summed E-state index contributed by atoms with van der Waals surface area (Å²) in [5, 5.41) is 3.04. The van der Waals surface area contributed by atoms with E-state index in [2.05, 4.69) is 25.2 Å². The molecule has 1 amide bonds. The third kappa shape index (κ3) is 4.21. The molecule has 1 aliphatic rings. The molecule has 0 radical (unpaired) electrons. The molecule has 1 aromatic carbocycles. The summed E-state index contributed by atoms with van der Waals surface area (Å²) in [4.78, 5) is 27.7. The van der Waals surface area contributed by atoms with Crippen molar-refractivity contribution in [2.75, 3.05) is 30.4 Å². The lowest BCUT2D eigenvalue weighted by Crippen LogP contribution is -2.38. The average molecular weight is 392 g/mol. The third-order valence-corrected chi connectivity index (χ3v) is 5.21. The van der Waals surface area contributed by atoms with Crippen molar-refractivity contribution < 1.29 is 9.53 Å². The number of anilines is 2. The highest BCUT2D eigenvalue weighted by Gasteiger charge is 2.26. The summed E-state index contributed by atoms with van der Waals surface area (Å²) < 4.78 is 7.21. The predicted molar refractivity (Wildman–Crippen MR) is 110 cm³/mol. The number of nitrogens with zero attached hydrogens (tertiary/aromatic N) is 5. The molecular formula is C21H24N6O2. The van der Waals surface area contributed by atoms with E-state index >= 15 is 0 Å². The molecule has 29 heavy (non-hydrogen) atoms. The molecule has 0 saturated carbocycles. The van der Waals surface area contributed by atoms with Gasteiger partial charge in [0.1, 0.15) is 30.0 Å². The van der Waals surface area contributed by atoms with Gasteiger partial charge in [-0.1, -0.05) is 6.07 Å². The molecule has 1 N–H and O–H groups in total. The standard InChI is InChI=1S/C21H24N6O2/c1-15-3-4-18(29-2)17(11-15)25-21(28)16-5-8-26(9-6-16)19-12-20(24-13-23-19)27-10-7-22-14-27/h3-4,7,10-14,16H,5-6,8-9H2,1-2H3,(H,25,28). The maximum absolute atomic E-state index is 12.8. The van der Waals surface area contributed by atoms with Gasteiger partial charge in [-0.15, -0.1) is 0 Å². The molecule has 150 valence electrons. The molecule has 3 aromatic rings. The smallest absolute Gasteiger partial charge is 0.227 e. The number of ether oxygens (including phenoxy) is 1. The number of aryl methyl sites for hydroxylation is 1. The van der Waals surface area contributed by atoms with E-state index in [1.165, 1.54) is 0 Å². The number of piperidine rings is 1. The van der Waals surface area contributed by atoms with Crippen molar-refractivity contribution in [3.8, 4) is 11.6 Å². The zero-order valence-electron chi connectivity index (χ0n) is 16.6. The Balaban J connectivity index is 1.39. The van der Waals surface area contributed by atoms with Gasteiger partial charge in [0.05, 0.1) is 12.8 Å². The Kier molecular flexibility index (Phi) is 5.41. The molecule has 0 aliphatic carbocycles. The SMILES string of the molecule is COc1ccc(C)cc1NC(=O)C1CCN(c2cc(-n3ccnc3)ncn2)CC1. The predicted octanol–water partition coefficient (Wildman–Crippen LogP) is 2.83. The van der Waals surface area contributed by atoms with Gasteiger partial charge in [0.2, 0.25) is 5.91 Å². The molecule has 3 heterocycles. The highest BCUT2D eigenvalue weighted by atomic mass is 16.5. The van der Waals surface area contributed by atoms with E-state index in [4.69, 9.17) is 4.74 Å². The fourth-order valence-corrected chi connectivity index (χ4v) is 3.57. The van der Waals surface area contributed by atoms with Gasteiger partial charge in [0, 0.05) is 37.5 Å². The number of carbonyl (C=O) groups is 1. The van der Waals surface area contributed by atoms with E-state index in [-0.39, 0.29) is 11.8 Å². The normalized spacial score (nSPS) is 14.6. The van der Waals surface area contributed by atoms with Crippen molar-refractivity contribution in [1.82, 2.24) is 19.5 Å². The molecule has 8 heteroatoms. The molecule has 4 rings (SSSR count). The van der Waals surface area contributed by atoms with Crippen molar-refractivity contribution in [2.45, 2.75) is 19.8 Å². The molecule has 0 atom stereocenters. The van der Waals surface area contributed by atoms with Gasteiger partial charge in [0.15, 0.2) is 0 Å². The Morgan fingerprint density at radius 1 is 1.17 bits per heavy atom. The lowest BCUT2D eigenvalue weighted by molar-refractivity contribution is -0.120. The summed E-state index contributed by atoms with van der Waals surface area (Å²) >= 11 is 0. The number of carbonyl (C=O) groups excluding carboxylic acids is 1. The van der Waals surface area contributed by atoms with Crippen molar-refractivity contribution in [2.24, 2.45) is 5.92 Å². The second-order valence-electron chi connectivity index (χ2n) is 7.16. The number of rotatable bonds is 5. The number of amides is 1. The van der Waals surface area contributed by atoms with Crippen LogP contribution in [-0.4, -0.2) is 45.6 Å². The number of hydrogen-bond donors (Lipinski definition) is 1. The first-order valence-corrected chi connectivity index (χ1v) is 9.65. The van der Waals surface area contributed by atoms with Crippen LogP contribution in [-0.2, 0) is 4.79 Å². The Morgan fingerprint density at radius 2 is 1.97 bits per heavy atom. The number of imidazole rings is 1. The molecule has 1 saturated heterocycles. The lowest BCUT2D eigenvalue weighted by atomic mass is 9.95. The van der Waals surface area contributed by atoms with Gasteiger partial charge in [-0.25, -0.2) is 15.0 Å². The average Bonchev–Trinajstić information content (AvgIpc) is 3.29. The second kappa shape index (κ2) is 8.30. The highest BCUT2D eigenvalue weighted by molar-refractivity contribution is 5.94. The number of nitrogens with one attached hydrogen (secondary N) is 1. The number of hydrogen-bond acceptors (Lipinski definition) is 6. The molecule has 1 aliphatic heterocycles. The van der Waals surface area contributed by atoms with E-state index in [1.807, 2.05) is 42.0 Å². The molecule has 8 nitrogen and oxygen atoms in total. The maximum Gasteiger partial charge on any atom is 0.227 e. The fourth-order valence-electron chi connectivity index (χ4n) is 3.57. The monoisotopic (exact) mass is 392 g/mol. The first-order valence-electron chi connectivity index (χ1n) is 9.65. The quantitative estimate of drug-likeness (QED) is 0.719. The lowest BCUT2D eigenvalue weighted by Gasteiger charge is -2.32. The van der Waals surface area contributed by atoms with Crippen molar-refractivity contribution >= 4 is 17.4 Å². The van der Waals surface area contributed by atoms with E-state index in [0.29, 0.717) is 5.75 Å². The van der Waals surface area contributed by atoms with Crippen LogP contribution in [0.4, 0.5) is 11.5 Å². The molecule has 0 bridgehead atoms. The maximum atomic E-state index is 12.8. The third-order valence-electron chi connectivity index (χ3n) is 5.21. The minimum Gasteiger partial charge on any atom is -0.495 e. The van der Waals surface area contributed by atoms with Crippen LogP contribution in [0, 0.1) is 12.8 Å². The number of benzene rings is 1. The molecular weight excluding hydrogens is 368 g/mol. The Morgan fingerprint density at radius 3 is 2.69 bits per heavy atom. The topological polar surface area (TPSA) is 85.2 Å². The summed E-state index contributed by atoms with van der Waals surface area (Å²) in [5.41, 5.74) is 1.80. The largest absolute Gasteiger partial charge is 0.495 e. The van der Waals surface area contributed by atoms with E-state index in [1.54, 1.807) is 26.0 Å². The van der Waals surface area contributed by atoms with Gasteiger partial charge in [-0.2, -0.15) is 0 Å². The van der Waals surface area contributed by atoms with E-state index in [9.17, 15) is 4.79 Å². The summed E-state index contributed by atoms with van der Waals surface area (Å²) in [6, 6.07) is 7.72. The Labute approximate surface area is 169 Å². The molecule has 2 aromatic heterocycles. The Bertz CT molecular complexity index is 981. The minimum atomic E-state index is -0.0357. The van der Waals surface area contributed by atoms with Gasteiger partial charge in [-0.3, -0.25) is 9.36 Å². The van der Waals surface area contributed by atoms with Gasteiger partial charge in [0.25, 0.3) is 0 Å². The summed E-state index contributed by atoms with van der Waals surface area (Å²) in [6.07, 6.45) is 8.38. The van der Waals surface area contributed by atoms with E-state index < -0.39 is 0 Å². The Hall–Kier alpha value is -3.42. The van der Waals surface area contributed by atoms with Gasteiger partial charge < -0.3 is 15.0 Å². The zero-order chi connectivity index (χ0) is 20.2. The van der Waals surface area contributed by atoms with Crippen molar-refractivity contribution in [3.05, 3.63) is 54.9 Å². The van der Waals surface area contributed by atoms with Crippen LogP contribution in [0.5, 0.6) is 5.75 Å². The van der Waals surface area contributed by atoms with Crippen LogP contribution in [0.25, 0.3) is 5.82 Å². The van der Waals surface area contributed by atoms with Crippen LogP contribution in [0.1, 0.15) is 18.4 Å². The van der Waals surface area contributed by atoms with Crippen LogP contribution in [0.3, 0.4) is 0 Å². The van der Waals surface area contributed by atoms with Gasteiger partial charge in [-0.05, 0) is 37.5 Å². The zero-order valence-corrected chi connectivity index (χ0v) is 16.6. The summed E-state index contributed by atoms with van der Waals surface area (Å²) in [7, 11) is 1.61. The second-order valence-corrected chi connectivity index (χ2v) is 7.16. The van der Waals surface area contributed by atoms with Crippen LogP contribution in [0.2, 0.25) is 0 Å². The molecule has 0 unspecified atom stereocenters. The summed E-state index contributed by atoms with van der Waals surface area (Å²) in [5.74, 6) is 2.32. The van der Waals surface area contributed by atoms with Crippen LogP contribution >= 0.6 is 0 Å². The van der Waals surface area contributed by atoms with Crippen LogP contribution < -0.4 is 15.0 Å². The first-order chi connectivity index (χ1) is 14.1.